The Morgan fingerprint density at radius 1 is 1.45 bits per heavy atom. The topological polar surface area (TPSA) is 87.3 Å². The number of carbonyl (C=O) groups is 2. The first-order chi connectivity index (χ1) is 9.70. The highest BCUT2D eigenvalue weighted by Gasteiger charge is 2.25. The predicted octanol–water partition coefficient (Wildman–Crippen LogP) is 0.689. The van der Waals surface area contributed by atoms with E-state index in [1.807, 2.05) is 0 Å². The molecule has 0 saturated carbocycles. The zero-order valence-electron chi connectivity index (χ0n) is 11.6. The normalized spacial score (nSPS) is 16.6. The summed E-state index contributed by atoms with van der Waals surface area (Å²) in [5.41, 5.74) is 0.777. The quantitative estimate of drug-likeness (QED) is 0.794. The van der Waals surface area contributed by atoms with Gasteiger partial charge in [0, 0.05) is 31.4 Å². The zero-order chi connectivity index (χ0) is 14.4. The highest BCUT2D eigenvalue weighted by atomic mass is 16.5. The second-order valence-corrected chi connectivity index (χ2v) is 4.85. The molecular weight excluding hydrogens is 260 g/mol. The van der Waals surface area contributed by atoms with Crippen molar-refractivity contribution in [2.45, 2.75) is 31.7 Å². The summed E-state index contributed by atoms with van der Waals surface area (Å²) < 4.78 is 4.74. The maximum atomic E-state index is 12.1. The molecule has 2 heterocycles. The minimum absolute atomic E-state index is 0.209. The molecule has 1 aliphatic heterocycles. The molecule has 0 radical (unpaired) electrons. The molecule has 0 unspecified atom stereocenters. The Labute approximate surface area is 117 Å². The van der Waals surface area contributed by atoms with Crippen LogP contribution in [0.15, 0.2) is 12.5 Å². The third kappa shape index (κ3) is 3.72. The van der Waals surface area contributed by atoms with Gasteiger partial charge in [-0.2, -0.15) is 0 Å². The van der Waals surface area contributed by atoms with Crippen LogP contribution in [-0.2, 0) is 16.0 Å². The summed E-state index contributed by atoms with van der Waals surface area (Å²) in [6.45, 7) is 1.48. The molecule has 0 bridgehead atoms. The van der Waals surface area contributed by atoms with Crippen LogP contribution in [0.5, 0.6) is 0 Å². The van der Waals surface area contributed by atoms with E-state index < -0.39 is 12.0 Å². The molecule has 1 atom stereocenters. The van der Waals surface area contributed by atoms with E-state index in [1.165, 1.54) is 13.4 Å². The zero-order valence-corrected chi connectivity index (χ0v) is 11.6. The number of rotatable bonds is 4. The van der Waals surface area contributed by atoms with Crippen molar-refractivity contribution in [2.75, 3.05) is 20.2 Å². The monoisotopic (exact) mass is 280 g/mol. The maximum Gasteiger partial charge on any atom is 0.328 e. The average Bonchev–Trinajstić information content (AvgIpc) is 2.99. The number of esters is 1. The Hall–Kier alpha value is -2.05. The molecular formula is C13H20N4O3. The van der Waals surface area contributed by atoms with Gasteiger partial charge < -0.3 is 19.9 Å². The molecule has 7 heteroatoms. The molecule has 2 N–H and O–H groups in total. The van der Waals surface area contributed by atoms with Gasteiger partial charge in [0.15, 0.2) is 0 Å². The Bertz CT molecular complexity index is 440. The number of methoxy groups -OCH3 is 1. The molecule has 2 amide bonds. The molecule has 0 aromatic carbocycles. The largest absolute Gasteiger partial charge is 0.467 e. The predicted molar refractivity (Wildman–Crippen MR) is 72.1 cm³/mol. The lowest BCUT2D eigenvalue weighted by atomic mass is 10.1. The lowest BCUT2D eigenvalue weighted by Gasteiger charge is -2.28. The summed E-state index contributed by atoms with van der Waals surface area (Å²) in [4.78, 5) is 32.5. The fourth-order valence-corrected chi connectivity index (χ4v) is 2.29. The number of ether oxygens (including phenoxy) is 1. The number of hydrogen-bond donors (Lipinski definition) is 2. The van der Waals surface area contributed by atoms with E-state index in [1.54, 1.807) is 11.1 Å². The highest BCUT2D eigenvalue weighted by Crippen LogP contribution is 2.09. The second kappa shape index (κ2) is 6.93. The summed E-state index contributed by atoms with van der Waals surface area (Å²) in [6, 6.07) is -0.908. The van der Waals surface area contributed by atoms with E-state index in [-0.39, 0.29) is 6.03 Å². The number of piperidine rings is 1. The van der Waals surface area contributed by atoms with Gasteiger partial charge in [0.2, 0.25) is 0 Å². The van der Waals surface area contributed by atoms with Crippen molar-refractivity contribution in [1.82, 2.24) is 20.2 Å². The van der Waals surface area contributed by atoms with E-state index in [0.29, 0.717) is 6.42 Å². The molecule has 1 aliphatic rings. The van der Waals surface area contributed by atoms with Crippen molar-refractivity contribution in [3.8, 4) is 0 Å². The maximum absolute atomic E-state index is 12.1. The van der Waals surface area contributed by atoms with Crippen LogP contribution in [-0.4, -0.2) is 53.1 Å². The number of nitrogens with one attached hydrogen (secondary N) is 2. The van der Waals surface area contributed by atoms with E-state index in [0.717, 1.165) is 38.0 Å². The first kappa shape index (κ1) is 14.4. The number of nitrogens with zero attached hydrogens (tertiary/aromatic N) is 2. The number of H-pyrrole nitrogens is 1. The van der Waals surface area contributed by atoms with Crippen molar-refractivity contribution in [3.05, 3.63) is 18.2 Å². The van der Waals surface area contributed by atoms with Crippen molar-refractivity contribution in [2.24, 2.45) is 0 Å². The highest BCUT2D eigenvalue weighted by molar-refractivity contribution is 5.83. The summed E-state index contributed by atoms with van der Waals surface area (Å²) in [7, 11) is 1.31. The number of urea groups is 1. The number of aromatic nitrogens is 2. The van der Waals surface area contributed by atoms with Gasteiger partial charge in [0.05, 0.1) is 13.4 Å². The average molecular weight is 280 g/mol. The lowest BCUT2D eigenvalue weighted by molar-refractivity contribution is -0.142. The number of imidazole rings is 1. The summed E-state index contributed by atoms with van der Waals surface area (Å²) in [6.07, 6.45) is 6.68. The number of likely N-dealkylation sites (tertiary alicyclic amines) is 1. The smallest absolute Gasteiger partial charge is 0.328 e. The van der Waals surface area contributed by atoms with E-state index in [9.17, 15) is 9.59 Å². The Kier molecular flexibility index (Phi) is 4.97. The molecule has 20 heavy (non-hydrogen) atoms. The molecule has 1 saturated heterocycles. The van der Waals surface area contributed by atoms with Gasteiger partial charge in [-0.1, -0.05) is 0 Å². The van der Waals surface area contributed by atoms with Gasteiger partial charge in [-0.25, -0.2) is 14.6 Å². The Morgan fingerprint density at radius 2 is 2.20 bits per heavy atom. The van der Waals surface area contributed by atoms with Crippen LogP contribution in [0, 0.1) is 0 Å². The molecule has 2 rings (SSSR count). The van der Waals surface area contributed by atoms with Crippen molar-refractivity contribution < 1.29 is 14.3 Å². The molecule has 7 nitrogen and oxygen atoms in total. The van der Waals surface area contributed by atoms with Crippen LogP contribution in [0.25, 0.3) is 0 Å². The SMILES string of the molecule is COC(=O)[C@H](Cc1cnc[nH]1)NC(=O)N1CCCCC1. The van der Waals surface area contributed by atoms with Crippen LogP contribution in [0.1, 0.15) is 25.0 Å². The molecule has 1 aromatic rings. The summed E-state index contributed by atoms with van der Waals surface area (Å²) in [5.74, 6) is -0.454. The summed E-state index contributed by atoms with van der Waals surface area (Å²) in [5, 5.41) is 2.74. The van der Waals surface area contributed by atoms with Crippen molar-refractivity contribution in [3.63, 3.8) is 0 Å². The third-order valence-corrected chi connectivity index (χ3v) is 3.41. The van der Waals surface area contributed by atoms with Gasteiger partial charge in [0.25, 0.3) is 0 Å². The molecule has 110 valence electrons. The van der Waals surface area contributed by atoms with Gasteiger partial charge in [-0.05, 0) is 19.3 Å². The standard InChI is InChI=1S/C13H20N4O3/c1-20-12(18)11(7-10-8-14-9-15-10)16-13(19)17-5-3-2-4-6-17/h8-9,11H,2-7H2,1H3,(H,14,15)(H,16,19)/t11-/m0/s1. The van der Waals surface area contributed by atoms with Gasteiger partial charge in [0.1, 0.15) is 6.04 Å². The molecule has 0 aliphatic carbocycles. The fourth-order valence-electron chi connectivity index (χ4n) is 2.29. The molecule has 1 fully saturated rings. The summed E-state index contributed by atoms with van der Waals surface area (Å²) >= 11 is 0. The second-order valence-electron chi connectivity index (χ2n) is 4.85. The van der Waals surface area contributed by atoms with Gasteiger partial charge in [-0.3, -0.25) is 0 Å². The number of carbonyl (C=O) groups excluding carboxylic acids is 2. The van der Waals surface area contributed by atoms with E-state index in [4.69, 9.17) is 4.74 Å². The fraction of sp³-hybridized carbons (Fsp3) is 0.615. The Morgan fingerprint density at radius 3 is 2.80 bits per heavy atom. The number of amides is 2. The van der Waals surface area contributed by atoms with Crippen LogP contribution >= 0.6 is 0 Å². The number of hydrogen-bond acceptors (Lipinski definition) is 4. The minimum Gasteiger partial charge on any atom is -0.467 e. The van der Waals surface area contributed by atoms with Crippen LogP contribution in [0.3, 0.4) is 0 Å². The molecule has 0 spiro atoms. The Balaban J connectivity index is 1.96. The van der Waals surface area contributed by atoms with Crippen LogP contribution in [0.2, 0.25) is 0 Å². The number of aromatic amines is 1. The third-order valence-electron chi connectivity index (χ3n) is 3.41. The van der Waals surface area contributed by atoms with E-state index >= 15 is 0 Å². The van der Waals surface area contributed by atoms with Gasteiger partial charge in [-0.15, -0.1) is 0 Å². The van der Waals surface area contributed by atoms with Crippen LogP contribution in [0.4, 0.5) is 4.79 Å². The van der Waals surface area contributed by atoms with Crippen molar-refractivity contribution in [1.29, 1.82) is 0 Å². The molecule has 1 aromatic heterocycles. The van der Waals surface area contributed by atoms with Crippen molar-refractivity contribution >= 4 is 12.0 Å². The lowest BCUT2D eigenvalue weighted by Crippen LogP contribution is -2.50. The van der Waals surface area contributed by atoms with Crippen LogP contribution < -0.4 is 5.32 Å². The minimum atomic E-state index is -0.699. The first-order valence-electron chi connectivity index (χ1n) is 6.81. The first-order valence-corrected chi connectivity index (χ1v) is 6.81. The van der Waals surface area contributed by atoms with E-state index in [2.05, 4.69) is 15.3 Å². The van der Waals surface area contributed by atoms with Gasteiger partial charge >= 0.3 is 12.0 Å².